The second kappa shape index (κ2) is 2.86. The summed E-state index contributed by atoms with van der Waals surface area (Å²) in [4.78, 5) is 4.14. The van der Waals surface area contributed by atoms with Crippen molar-refractivity contribution in [3.8, 4) is 0 Å². The van der Waals surface area contributed by atoms with Gasteiger partial charge in [-0.2, -0.15) is 0 Å². The average Bonchev–Trinajstić information content (AvgIpc) is 1.64. The van der Waals surface area contributed by atoms with E-state index in [1.54, 1.807) is 0 Å². The Morgan fingerprint density at radius 1 is 1.22 bits per heavy atom. The first-order valence-electron chi connectivity index (χ1n) is 2.51. The Morgan fingerprint density at radius 2 is 1.56 bits per heavy atom. The molecule has 0 spiro atoms. The Bertz CT molecular complexity index is 95.6. The molecule has 0 amide bonds. The largest absolute Gasteiger partial charge is 0.249 e. The highest BCUT2D eigenvalue weighted by atomic mass is 79.9. The molecule has 0 saturated heterocycles. The van der Waals surface area contributed by atoms with Crippen LogP contribution in [0.1, 0.15) is 20.8 Å². The normalized spacial score (nSPS) is 14.0. The maximum atomic E-state index is 8.34. The van der Waals surface area contributed by atoms with Crippen molar-refractivity contribution in [3.63, 3.8) is 0 Å². The van der Waals surface area contributed by atoms with E-state index in [0.29, 0.717) is 0 Å². The van der Waals surface area contributed by atoms with Crippen molar-refractivity contribution in [2.45, 2.75) is 24.2 Å². The maximum absolute atomic E-state index is 8.34. The van der Waals surface area contributed by atoms with Gasteiger partial charge in [0.2, 0.25) is 3.42 Å². The van der Waals surface area contributed by atoms with Crippen LogP contribution >= 0.6 is 31.9 Å². The molecular formula is C5H10Br2O2. The molecule has 0 aliphatic heterocycles. The van der Waals surface area contributed by atoms with Crippen LogP contribution in [0.3, 0.4) is 0 Å². The Balaban J connectivity index is 4.14. The van der Waals surface area contributed by atoms with Gasteiger partial charge in [0.15, 0.2) is 0 Å². The lowest BCUT2D eigenvalue weighted by Crippen LogP contribution is -2.32. The molecule has 56 valence electrons. The average molecular weight is 262 g/mol. The van der Waals surface area contributed by atoms with Crippen molar-refractivity contribution in [1.29, 1.82) is 0 Å². The SMILES string of the molecule is CC(C)(C)C(Br)(Br)OO. The van der Waals surface area contributed by atoms with Crippen LogP contribution in [0.4, 0.5) is 0 Å². The van der Waals surface area contributed by atoms with Gasteiger partial charge >= 0.3 is 0 Å². The van der Waals surface area contributed by atoms with Crippen molar-refractivity contribution >= 4 is 31.9 Å². The number of hydrogen-bond acceptors (Lipinski definition) is 2. The quantitative estimate of drug-likeness (QED) is 0.447. The molecule has 0 radical (unpaired) electrons. The van der Waals surface area contributed by atoms with E-state index >= 15 is 0 Å². The molecule has 0 heterocycles. The smallest absolute Gasteiger partial charge is 0.216 e. The molecule has 1 N–H and O–H groups in total. The lowest BCUT2D eigenvalue weighted by molar-refractivity contribution is -0.279. The first-order valence-corrected chi connectivity index (χ1v) is 4.10. The molecule has 0 unspecified atom stereocenters. The highest BCUT2D eigenvalue weighted by Gasteiger charge is 2.38. The summed E-state index contributed by atoms with van der Waals surface area (Å²) in [5.41, 5.74) is -0.193. The van der Waals surface area contributed by atoms with Gasteiger partial charge in [0.1, 0.15) is 0 Å². The zero-order chi connectivity index (χ0) is 7.71. The second-order valence-corrected chi connectivity index (χ2v) is 6.16. The lowest BCUT2D eigenvalue weighted by atomic mass is 9.99. The molecule has 9 heavy (non-hydrogen) atoms. The molecule has 0 saturated carbocycles. The fraction of sp³-hybridized carbons (Fsp3) is 1.00. The summed E-state index contributed by atoms with van der Waals surface area (Å²) < 4.78 is -0.840. The van der Waals surface area contributed by atoms with E-state index in [9.17, 15) is 0 Å². The fourth-order valence-corrected chi connectivity index (χ4v) is 0.137. The highest BCUT2D eigenvalue weighted by Crippen LogP contribution is 2.43. The van der Waals surface area contributed by atoms with Crippen LogP contribution in [-0.4, -0.2) is 8.68 Å². The summed E-state index contributed by atoms with van der Waals surface area (Å²) in [7, 11) is 0. The molecule has 0 rings (SSSR count). The number of rotatable bonds is 1. The van der Waals surface area contributed by atoms with Crippen molar-refractivity contribution in [2.75, 3.05) is 0 Å². The molecule has 0 aliphatic carbocycles. The third kappa shape index (κ3) is 2.53. The summed E-state index contributed by atoms with van der Waals surface area (Å²) in [6.07, 6.45) is 0. The van der Waals surface area contributed by atoms with Crippen LogP contribution in [-0.2, 0) is 4.89 Å². The fourth-order valence-electron chi connectivity index (χ4n) is 0.137. The highest BCUT2D eigenvalue weighted by molar-refractivity contribution is 9.25. The van der Waals surface area contributed by atoms with E-state index in [-0.39, 0.29) is 5.41 Å². The minimum Gasteiger partial charge on any atom is -0.249 e. The Hall–Kier alpha value is 0.880. The van der Waals surface area contributed by atoms with E-state index in [1.165, 1.54) is 0 Å². The molecule has 0 aromatic rings. The summed E-state index contributed by atoms with van der Waals surface area (Å²) in [6, 6.07) is 0. The molecular weight excluding hydrogens is 252 g/mol. The molecule has 0 bridgehead atoms. The van der Waals surface area contributed by atoms with Gasteiger partial charge in [-0.3, -0.25) is 0 Å². The molecule has 0 aromatic heterocycles. The number of alkyl halides is 2. The van der Waals surface area contributed by atoms with Gasteiger partial charge in [0.25, 0.3) is 0 Å². The summed E-state index contributed by atoms with van der Waals surface area (Å²) in [5.74, 6) is 0. The van der Waals surface area contributed by atoms with Crippen LogP contribution in [0.25, 0.3) is 0 Å². The molecule has 0 aromatic carbocycles. The lowest BCUT2D eigenvalue weighted by Gasteiger charge is -2.30. The van der Waals surface area contributed by atoms with Crippen LogP contribution in [0.5, 0.6) is 0 Å². The van der Waals surface area contributed by atoms with Crippen molar-refractivity contribution in [3.05, 3.63) is 0 Å². The van der Waals surface area contributed by atoms with Crippen LogP contribution in [0.15, 0.2) is 0 Å². The third-order valence-corrected chi connectivity index (χ3v) is 3.66. The summed E-state index contributed by atoms with van der Waals surface area (Å²) in [6.45, 7) is 5.77. The topological polar surface area (TPSA) is 29.5 Å². The third-order valence-electron chi connectivity index (χ3n) is 0.988. The van der Waals surface area contributed by atoms with E-state index in [4.69, 9.17) is 5.26 Å². The summed E-state index contributed by atoms with van der Waals surface area (Å²) in [5, 5.41) is 8.34. The standard InChI is InChI=1S/C5H10Br2O2/c1-4(2,3)5(6,7)9-8/h8H,1-3H3. The zero-order valence-electron chi connectivity index (χ0n) is 5.61. The molecule has 0 atom stereocenters. The van der Waals surface area contributed by atoms with Gasteiger partial charge in [-0.25, -0.2) is 10.1 Å². The van der Waals surface area contributed by atoms with Crippen molar-refractivity contribution < 1.29 is 10.1 Å². The molecule has 2 nitrogen and oxygen atoms in total. The predicted octanol–water partition coefficient (Wildman–Crippen LogP) is 2.97. The van der Waals surface area contributed by atoms with Crippen LogP contribution in [0, 0.1) is 5.41 Å². The van der Waals surface area contributed by atoms with Gasteiger partial charge < -0.3 is 0 Å². The van der Waals surface area contributed by atoms with Gasteiger partial charge in [-0.15, -0.1) is 0 Å². The number of halogens is 2. The zero-order valence-corrected chi connectivity index (χ0v) is 8.78. The maximum Gasteiger partial charge on any atom is 0.216 e. The van der Waals surface area contributed by atoms with Crippen LogP contribution < -0.4 is 0 Å². The monoisotopic (exact) mass is 260 g/mol. The van der Waals surface area contributed by atoms with Crippen LogP contribution in [0.2, 0.25) is 0 Å². The van der Waals surface area contributed by atoms with E-state index in [1.807, 2.05) is 20.8 Å². The molecule has 0 fully saturated rings. The first-order chi connectivity index (χ1) is 3.81. The Morgan fingerprint density at radius 3 is 1.56 bits per heavy atom. The van der Waals surface area contributed by atoms with E-state index in [2.05, 4.69) is 36.7 Å². The van der Waals surface area contributed by atoms with Crippen molar-refractivity contribution in [1.82, 2.24) is 0 Å². The second-order valence-electron chi connectivity index (χ2n) is 2.86. The molecule has 4 heteroatoms. The van der Waals surface area contributed by atoms with E-state index in [0.717, 1.165) is 0 Å². The minimum atomic E-state index is -0.840. The minimum absolute atomic E-state index is 0.193. The van der Waals surface area contributed by atoms with Crippen molar-refractivity contribution in [2.24, 2.45) is 5.41 Å². The van der Waals surface area contributed by atoms with E-state index < -0.39 is 3.42 Å². The Kier molecular flexibility index (Phi) is 3.14. The predicted molar refractivity (Wildman–Crippen MR) is 43.8 cm³/mol. The molecule has 0 aliphatic rings. The van der Waals surface area contributed by atoms with Gasteiger partial charge in [-0.05, 0) is 31.9 Å². The summed E-state index contributed by atoms with van der Waals surface area (Å²) >= 11 is 6.29. The van der Waals surface area contributed by atoms with Gasteiger partial charge in [0.05, 0.1) is 0 Å². The Labute approximate surface area is 71.8 Å². The van der Waals surface area contributed by atoms with Gasteiger partial charge in [0, 0.05) is 5.41 Å². The van der Waals surface area contributed by atoms with Gasteiger partial charge in [-0.1, -0.05) is 20.8 Å². The first kappa shape index (κ1) is 9.88. The number of hydrogen-bond donors (Lipinski definition) is 1.